The van der Waals surface area contributed by atoms with Gasteiger partial charge < -0.3 is 5.32 Å². The average molecular weight is 341 g/mol. The highest BCUT2D eigenvalue weighted by atomic mass is 35.5. The van der Waals surface area contributed by atoms with Crippen LogP contribution in [0.3, 0.4) is 0 Å². The monoisotopic (exact) mass is 340 g/mol. The van der Waals surface area contributed by atoms with Gasteiger partial charge in [0.15, 0.2) is 0 Å². The highest BCUT2D eigenvalue weighted by Crippen LogP contribution is 2.59. The molecule has 3 aliphatic rings. The lowest BCUT2D eigenvalue weighted by Gasteiger charge is -2.56. The number of allylic oxidation sites excluding steroid dienone is 1. The first-order chi connectivity index (χ1) is 11.4. The number of hydrogen-bond acceptors (Lipinski definition) is 2. The van der Waals surface area contributed by atoms with Gasteiger partial charge in [-0.1, -0.05) is 37.1 Å². The second-order valence-corrected chi connectivity index (χ2v) is 8.00. The van der Waals surface area contributed by atoms with Gasteiger partial charge >= 0.3 is 0 Å². The summed E-state index contributed by atoms with van der Waals surface area (Å²) in [6, 6.07) is 7.38. The van der Waals surface area contributed by atoms with Gasteiger partial charge in [0, 0.05) is 23.0 Å². The molecule has 3 aliphatic carbocycles. The molecule has 1 aromatic heterocycles. The molecule has 1 N–H and O–H groups in total. The smallest absolute Gasteiger partial charge is 0.228 e. The molecular weight excluding hydrogens is 320 g/mol. The Morgan fingerprint density at radius 1 is 1.38 bits per heavy atom. The van der Waals surface area contributed by atoms with Gasteiger partial charge in [-0.25, -0.2) is 0 Å². The molecule has 1 amide bonds. The molecule has 1 fully saturated rings. The van der Waals surface area contributed by atoms with Gasteiger partial charge in [0.1, 0.15) is 0 Å². The SMILES string of the molecule is CC1(C)[C@@H]2CC=C(CC(=O)Nc3ccnc4cc(Cl)ccc34)[C@H]1C2. The lowest BCUT2D eigenvalue weighted by molar-refractivity contribution is -0.116. The summed E-state index contributed by atoms with van der Waals surface area (Å²) < 4.78 is 0. The summed E-state index contributed by atoms with van der Waals surface area (Å²) in [5, 5.41) is 4.61. The molecular formula is C20H21ClN2O. The fourth-order valence-electron chi connectivity index (χ4n) is 4.29. The summed E-state index contributed by atoms with van der Waals surface area (Å²) >= 11 is 6.02. The van der Waals surface area contributed by atoms with Gasteiger partial charge in [0.2, 0.25) is 5.91 Å². The fourth-order valence-corrected chi connectivity index (χ4v) is 4.45. The molecule has 0 spiro atoms. The van der Waals surface area contributed by atoms with Crippen LogP contribution >= 0.6 is 11.6 Å². The Hall–Kier alpha value is -1.87. The molecule has 2 atom stereocenters. The van der Waals surface area contributed by atoms with Crippen molar-refractivity contribution in [2.45, 2.75) is 33.1 Å². The van der Waals surface area contributed by atoms with Gasteiger partial charge in [-0.15, -0.1) is 0 Å². The Labute approximate surface area is 147 Å². The zero-order valence-corrected chi connectivity index (χ0v) is 14.7. The third-order valence-corrected chi connectivity index (χ3v) is 6.16. The van der Waals surface area contributed by atoms with Gasteiger partial charge in [-0.05, 0) is 54.4 Å². The predicted octanol–water partition coefficient (Wildman–Crippen LogP) is 5.21. The predicted molar refractivity (Wildman–Crippen MR) is 98.1 cm³/mol. The minimum atomic E-state index is 0.0462. The first-order valence-corrected chi connectivity index (χ1v) is 8.86. The number of nitrogens with zero attached hydrogens (tertiary/aromatic N) is 1. The number of carbonyl (C=O) groups excluding carboxylic acids is 1. The third-order valence-electron chi connectivity index (χ3n) is 5.93. The number of rotatable bonds is 3. The first kappa shape index (κ1) is 15.6. The van der Waals surface area contributed by atoms with Gasteiger partial charge in [-0.2, -0.15) is 0 Å². The van der Waals surface area contributed by atoms with Crippen LogP contribution in [-0.4, -0.2) is 10.9 Å². The molecule has 2 bridgehead atoms. The quantitative estimate of drug-likeness (QED) is 0.779. The molecule has 0 saturated heterocycles. The van der Waals surface area contributed by atoms with Crippen molar-refractivity contribution < 1.29 is 4.79 Å². The van der Waals surface area contributed by atoms with E-state index in [1.807, 2.05) is 24.3 Å². The normalized spacial score (nSPS) is 24.2. The first-order valence-electron chi connectivity index (χ1n) is 8.48. The van der Waals surface area contributed by atoms with E-state index in [1.165, 1.54) is 12.0 Å². The van der Waals surface area contributed by atoms with E-state index in [2.05, 4.69) is 30.2 Å². The van der Waals surface area contributed by atoms with Crippen LogP contribution in [0.15, 0.2) is 42.1 Å². The van der Waals surface area contributed by atoms with Crippen molar-refractivity contribution in [1.29, 1.82) is 0 Å². The van der Waals surface area contributed by atoms with Crippen LogP contribution in [0.4, 0.5) is 5.69 Å². The van der Waals surface area contributed by atoms with Crippen molar-refractivity contribution >= 4 is 34.1 Å². The number of aromatic nitrogens is 1. The number of pyridine rings is 1. The highest BCUT2D eigenvalue weighted by Gasteiger charge is 2.51. The van der Waals surface area contributed by atoms with Crippen LogP contribution in [0, 0.1) is 17.3 Å². The summed E-state index contributed by atoms with van der Waals surface area (Å²) in [5.74, 6) is 1.41. The molecule has 0 aliphatic heterocycles. The Morgan fingerprint density at radius 2 is 2.21 bits per heavy atom. The summed E-state index contributed by atoms with van der Waals surface area (Å²) in [6.45, 7) is 4.66. The van der Waals surface area contributed by atoms with Crippen LogP contribution in [0.2, 0.25) is 5.02 Å². The largest absolute Gasteiger partial charge is 0.325 e. The van der Waals surface area contributed by atoms with Crippen molar-refractivity contribution in [3.05, 3.63) is 47.1 Å². The van der Waals surface area contributed by atoms with E-state index < -0.39 is 0 Å². The fraction of sp³-hybridized carbons (Fsp3) is 0.400. The molecule has 0 radical (unpaired) electrons. The van der Waals surface area contributed by atoms with Gasteiger partial charge in [0.25, 0.3) is 0 Å². The number of halogens is 1. The zero-order valence-electron chi connectivity index (χ0n) is 14.0. The van der Waals surface area contributed by atoms with Crippen LogP contribution in [0.5, 0.6) is 0 Å². The topological polar surface area (TPSA) is 42.0 Å². The van der Waals surface area contributed by atoms with Gasteiger partial charge in [-0.3, -0.25) is 9.78 Å². The molecule has 1 heterocycles. The van der Waals surface area contributed by atoms with E-state index in [-0.39, 0.29) is 5.91 Å². The van der Waals surface area contributed by atoms with Crippen LogP contribution < -0.4 is 5.32 Å². The number of nitrogens with one attached hydrogen (secondary N) is 1. The average Bonchev–Trinajstić information content (AvgIpc) is 2.54. The van der Waals surface area contributed by atoms with E-state index >= 15 is 0 Å². The number of fused-ring (bicyclic) bond motifs is 2. The maximum absolute atomic E-state index is 12.6. The second-order valence-electron chi connectivity index (χ2n) is 7.57. The standard InChI is InChI=1S/C20H21ClN2O/c1-20(2)13-4-3-12(16(20)10-13)9-19(24)23-17-7-8-22-18-11-14(21)5-6-15(17)18/h3,5-8,11,13,16H,4,9-10H2,1-2H3,(H,22,23,24)/t13-,16-/m1/s1. The Bertz CT molecular complexity index is 856. The Kier molecular flexibility index (Phi) is 3.65. The Morgan fingerprint density at radius 3 is 2.96 bits per heavy atom. The van der Waals surface area contributed by atoms with Gasteiger partial charge in [0.05, 0.1) is 11.2 Å². The van der Waals surface area contributed by atoms with Crippen LogP contribution in [0.25, 0.3) is 10.9 Å². The molecule has 124 valence electrons. The number of amides is 1. The molecule has 3 nitrogen and oxygen atoms in total. The summed E-state index contributed by atoms with van der Waals surface area (Å²) in [5.41, 5.74) is 3.25. The highest BCUT2D eigenvalue weighted by molar-refractivity contribution is 6.31. The maximum Gasteiger partial charge on any atom is 0.228 e. The Balaban J connectivity index is 1.52. The minimum absolute atomic E-state index is 0.0462. The molecule has 5 rings (SSSR count). The summed E-state index contributed by atoms with van der Waals surface area (Å²) in [7, 11) is 0. The van der Waals surface area contributed by atoms with Crippen LogP contribution in [0.1, 0.15) is 33.1 Å². The lowest BCUT2D eigenvalue weighted by atomic mass is 9.48. The second kappa shape index (κ2) is 5.59. The molecule has 1 saturated carbocycles. The van der Waals surface area contributed by atoms with Crippen LogP contribution in [-0.2, 0) is 4.79 Å². The summed E-state index contributed by atoms with van der Waals surface area (Å²) in [6.07, 6.45) is 6.83. The lowest BCUT2D eigenvalue weighted by Crippen LogP contribution is -2.48. The molecule has 2 aromatic rings. The minimum Gasteiger partial charge on any atom is -0.325 e. The summed E-state index contributed by atoms with van der Waals surface area (Å²) in [4.78, 5) is 16.9. The van der Waals surface area contributed by atoms with Crippen molar-refractivity contribution in [3.63, 3.8) is 0 Å². The van der Waals surface area contributed by atoms with Crippen molar-refractivity contribution in [1.82, 2.24) is 4.98 Å². The van der Waals surface area contributed by atoms with E-state index in [4.69, 9.17) is 11.6 Å². The van der Waals surface area contributed by atoms with Crippen molar-refractivity contribution in [2.24, 2.45) is 17.3 Å². The van der Waals surface area contributed by atoms with Crippen molar-refractivity contribution in [2.75, 3.05) is 5.32 Å². The van der Waals surface area contributed by atoms with E-state index in [0.717, 1.165) is 28.9 Å². The maximum atomic E-state index is 12.6. The molecule has 1 aromatic carbocycles. The zero-order chi connectivity index (χ0) is 16.9. The molecule has 4 heteroatoms. The van der Waals surface area contributed by atoms with E-state index in [9.17, 15) is 4.79 Å². The number of anilines is 1. The molecule has 0 unspecified atom stereocenters. The molecule has 24 heavy (non-hydrogen) atoms. The number of carbonyl (C=O) groups is 1. The van der Waals surface area contributed by atoms with E-state index in [1.54, 1.807) is 6.20 Å². The number of hydrogen-bond donors (Lipinski definition) is 1. The third kappa shape index (κ3) is 2.51. The van der Waals surface area contributed by atoms with E-state index in [0.29, 0.717) is 22.8 Å². The van der Waals surface area contributed by atoms with Crippen molar-refractivity contribution in [3.8, 4) is 0 Å². The number of benzene rings is 1.